The lowest BCUT2D eigenvalue weighted by Crippen LogP contribution is -2.36. The summed E-state index contributed by atoms with van der Waals surface area (Å²) in [5, 5.41) is 0. The van der Waals surface area contributed by atoms with E-state index in [4.69, 9.17) is 9.47 Å². The van der Waals surface area contributed by atoms with Gasteiger partial charge >= 0.3 is 6.18 Å². The monoisotopic (exact) mass is 421 g/mol. The molecule has 0 radical (unpaired) electrons. The molecule has 1 aliphatic heterocycles. The Morgan fingerprint density at radius 3 is 2.53 bits per heavy atom. The molecule has 7 heteroatoms. The Labute approximate surface area is 174 Å². The van der Waals surface area contributed by atoms with Crippen molar-refractivity contribution in [3.63, 3.8) is 0 Å². The highest BCUT2D eigenvalue weighted by Gasteiger charge is 2.38. The molecule has 1 aromatic carbocycles. The third kappa shape index (κ3) is 4.61. The molecule has 0 bridgehead atoms. The molecule has 1 aliphatic carbocycles. The molecular weight excluding hydrogens is 395 g/mol. The number of anilines is 1. The smallest absolute Gasteiger partial charge is 0.416 e. The summed E-state index contributed by atoms with van der Waals surface area (Å²) in [6.45, 7) is 11.1. The van der Waals surface area contributed by atoms with Crippen LogP contribution >= 0.6 is 0 Å². The van der Waals surface area contributed by atoms with Crippen molar-refractivity contribution in [1.82, 2.24) is 0 Å². The fraction of sp³-hybridized carbons (Fsp3) is 0.435. The predicted molar refractivity (Wildman–Crippen MR) is 110 cm³/mol. The summed E-state index contributed by atoms with van der Waals surface area (Å²) in [6.07, 6.45) is -2.84. The van der Waals surface area contributed by atoms with Gasteiger partial charge in [0.2, 0.25) is 0 Å². The Bertz CT molecular complexity index is 896. The summed E-state index contributed by atoms with van der Waals surface area (Å²) >= 11 is 0. The van der Waals surface area contributed by atoms with E-state index in [1.54, 1.807) is 20.1 Å². The molecule has 4 nitrogen and oxygen atoms in total. The van der Waals surface area contributed by atoms with Crippen molar-refractivity contribution in [3.05, 3.63) is 59.2 Å². The first kappa shape index (κ1) is 22.2. The van der Waals surface area contributed by atoms with Crippen molar-refractivity contribution in [2.75, 3.05) is 38.3 Å². The Morgan fingerprint density at radius 2 is 1.97 bits per heavy atom. The molecule has 0 spiro atoms. The molecular formula is C23H26F3NO3. The number of allylic oxidation sites excluding steroid dienone is 4. The second-order valence-electron chi connectivity index (χ2n) is 7.74. The van der Waals surface area contributed by atoms with Crippen molar-refractivity contribution in [3.8, 4) is 5.75 Å². The number of carbonyl (C=O) groups excluding carboxylic acids is 1. The number of alkyl halides is 3. The van der Waals surface area contributed by atoms with Crippen LogP contribution in [0.5, 0.6) is 5.75 Å². The zero-order chi connectivity index (χ0) is 22.1. The molecule has 30 heavy (non-hydrogen) atoms. The van der Waals surface area contributed by atoms with Gasteiger partial charge in [-0.25, -0.2) is 0 Å². The fourth-order valence-electron chi connectivity index (χ4n) is 3.98. The van der Waals surface area contributed by atoms with Crippen LogP contribution in [0.2, 0.25) is 0 Å². The number of rotatable bonds is 6. The maximum atomic E-state index is 13.3. The fourth-order valence-corrected chi connectivity index (χ4v) is 3.98. The van der Waals surface area contributed by atoms with Crippen LogP contribution in [0.3, 0.4) is 0 Å². The van der Waals surface area contributed by atoms with Gasteiger partial charge in [0.1, 0.15) is 5.75 Å². The van der Waals surface area contributed by atoms with E-state index < -0.39 is 17.7 Å². The number of ether oxygens (including phenoxy) is 2. The normalized spacial score (nSPS) is 19.6. The Hall–Kier alpha value is -2.54. The van der Waals surface area contributed by atoms with Crippen LogP contribution in [0.15, 0.2) is 48.1 Å². The average Bonchev–Trinajstić information content (AvgIpc) is 3.00. The third-order valence-electron chi connectivity index (χ3n) is 5.48. The third-order valence-corrected chi connectivity index (χ3v) is 5.48. The highest BCUT2D eigenvalue weighted by atomic mass is 19.4. The van der Waals surface area contributed by atoms with Gasteiger partial charge in [0.25, 0.3) is 0 Å². The lowest BCUT2D eigenvalue weighted by molar-refractivity contribution is -0.0893. The first-order valence-electron chi connectivity index (χ1n) is 9.82. The number of ketones is 1. The minimum Gasteiger partial charge on any atom is -0.495 e. The highest BCUT2D eigenvalue weighted by Crippen LogP contribution is 2.41. The number of morpholine rings is 1. The Balaban J connectivity index is 1.89. The van der Waals surface area contributed by atoms with Gasteiger partial charge in [-0.1, -0.05) is 24.8 Å². The van der Waals surface area contributed by atoms with Gasteiger partial charge in [0.05, 0.1) is 31.6 Å². The topological polar surface area (TPSA) is 38.8 Å². The summed E-state index contributed by atoms with van der Waals surface area (Å²) in [4.78, 5) is 15.1. The Morgan fingerprint density at radius 1 is 1.30 bits per heavy atom. The number of halogens is 3. The van der Waals surface area contributed by atoms with Gasteiger partial charge in [-0.2, -0.15) is 13.2 Å². The standard InChI is InChI=1S/C23H26F3NO3/c1-14(2)9-16(15(3)23(24,25)26)10-18-11-17-12-20(27-5-7-30-8-6-27)21(29-4)13-19(17)22(18)28/h9,12-13,18H,1,3,5-8,10-11H2,2,4H3/b16-9-. The molecule has 0 amide bonds. The summed E-state index contributed by atoms with van der Waals surface area (Å²) in [6, 6.07) is 3.64. The maximum Gasteiger partial charge on any atom is 0.416 e. The van der Waals surface area contributed by atoms with Crippen molar-refractivity contribution in [2.24, 2.45) is 5.92 Å². The average molecular weight is 421 g/mol. The van der Waals surface area contributed by atoms with E-state index in [-0.39, 0.29) is 17.8 Å². The van der Waals surface area contributed by atoms with Gasteiger partial charge in [-0.15, -0.1) is 0 Å². The summed E-state index contributed by atoms with van der Waals surface area (Å²) in [7, 11) is 1.55. The lowest BCUT2D eigenvalue weighted by atomic mass is 9.90. The number of hydrogen-bond donors (Lipinski definition) is 0. The van der Waals surface area contributed by atoms with E-state index in [9.17, 15) is 18.0 Å². The van der Waals surface area contributed by atoms with Crippen LogP contribution in [0.25, 0.3) is 0 Å². The lowest BCUT2D eigenvalue weighted by Gasteiger charge is -2.30. The Kier molecular flexibility index (Phi) is 6.41. The van der Waals surface area contributed by atoms with Gasteiger partial charge in [0.15, 0.2) is 5.78 Å². The SMILES string of the molecule is C=C(C)/C=C(/CC1Cc2cc(N3CCOCC3)c(OC)cc2C1=O)C(=C)C(F)(F)F. The van der Waals surface area contributed by atoms with Crippen LogP contribution in [0.1, 0.15) is 29.3 Å². The molecule has 0 aromatic heterocycles. The second kappa shape index (κ2) is 8.68. The number of nitrogens with zero attached hydrogens (tertiary/aromatic N) is 1. The summed E-state index contributed by atoms with van der Waals surface area (Å²) in [5.41, 5.74) is 1.78. The number of hydrogen-bond acceptors (Lipinski definition) is 4. The molecule has 0 saturated carbocycles. The zero-order valence-electron chi connectivity index (χ0n) is 17.3. The minimum absolute atomic E-state index is 0.00141. The number of Topliss-reactive ketones (excluding diaryl/α,β-unsaturated/α-hetero) is 1. The van der Waals surface area contributed by atoms with Gasteiger partial charge < -0.3 is 14.4 Å². The van der Waals surface area contributed by atoms with Crippen LogP contribution in [-0.4, -0.2) is 45.4 Å². The van der Waals surface area contributed by atoms with Gasteiger partial charge in [-0.05, 0) is 43.0 Å². The molecule has 3 rings (SSSR count). The second-order valence-corrected chi connectivity index (χ2v) is 7.74. The molecule has 2 aliphatic rings. The van der Waals surface area contributed by atoms with E-state index in [0.717, 1.165) is 11.3 Å². The van der Waals surface area contributed by atoms with E-state index in [1.165, 1.54) is 6.08 Å². The molecule has 1 unspecified atom stereocenters. The largest absolute Gasteiger partial charge is 0.495 e. The van der Waals surface area contributed by atoms with E-state index in [2.05, 4.69) is 18.1 Å². The quantitative estimate of drug-likeness (QED) is 0.613. The molecule has 0 N–H and O–H groups in total. The first-order valence-corrected chi connectivity index (χ1v) is 9.82. The molecule has 1 fully saturated rings. The van der Waals surface area contributed by atoms with Crippen molar-refractivity contribution >= 4 is 11.5 Å². The van der Waals surface area contributed by atoms with Crippen molar-refractivity contribution in [1.29, 1.82) is 0 Å². The number of fused-ring (bicyclic) bond motifs is 1. The van der Waals surface area contributed by atoms with Gasteiger partial charge in [-0.3, -0.25) is 4.79 Å². The van der Waals surface area contributed by atoms with Crippen LogP contribution in [0, 0.1) is 5.92 Å². The molecule has 1 heterocycles. The molecule has 162 valence electrons. The van der Waals surface area contributed by atoms with E-state index in [0.29, 0.717) is 49.6 Å². The predicted octanol–water partition coefficient (Wildman–Crippen LogP) is 4.90. The maximum absolute atomic E-state index is 13.3. The van der Waals surface area contributed by atoms with Crippen molar-refractivity contribution in [2.45, 2.75) is 25.9 Å². The van der Waals surface area contributed by atoms with Crippen LogP contribution in [0.4, 0.5) is 18.9 Å². The molecule has 1 aromatic rings. The summed E-state index contributed by atoms with van der Waals surface area (Å²) in [5.74, 6) is -0.157. The number of methoxy groups -OCH3 is 1. The van der Waals surface area contributed by atoms with E-state index >= 15 is 0 Å². The van der Waals surface area contributed by atoms with Gasteiger partial charge in [0, 0.05) is 24.6 Å². The zero-order valence-corrected chi connectivity index (χ0v) is 17.3. The van der Waals surface area contributed by atoms with Crippen LogP contribution in [-0.2, 0) is 11.2 Å². The molecule has 1 atom stereocenters. The first-order chi connectivity index (χ1) is 14.1. The summed E-state index contributed by atoms with van der Waals surface area (Å²) < 4.78 is 50.7. The molecule has 1 saturated heterocycles. The van der Waals surface area contributed by atoms with Crippen LogP contribution < -0.4 is 9.64 Å². The number of benzene rings is 1. The minimum atomic E-state index is -4.55. The van der Waals surface area contributed by atoms with E-state index in [1.807, 2.05) is 6.07 Å². The highest BCUT2D eigenvalue weighted by molar-refractivity contribution is 6.03. The number of carbonyl (C=O) groups is 1. The van der Waals surface area contributed by atoms with Crippen molar-refractivity contribution < 1.29 is 27.4 Å².